The van der Waals surface area contributed by atoms with Crippen molar-refractivity contribution >= 4 is 50.9 Å². The fourth-order valence-electron chi connectivity index (χ4n) is 1.86. The number of aryl methyl sites for hydroxylation is 1. The maximum absolute atomic E-state index is 12.0. The highest BCUT2D eigenvalue weighted by Crippen LogP contribution is 2.35. The Labute approximate surface area is 135 Å². The molecule has 7 nitrogen and oxygen atoms in total. The lowest BCUT2D eigenvalue weighted by atomic mass is 10.2. The van der Waals surface area contributed by atoms with Crippen LogP contribution in [0.1, 0.15) is 28.6 Å². The third kappa shape index (κ3) is 3.45. The molecule has 118 valence electrons. The van der Waals surface area contributed by atoms with Gasteiger partial charge in [0.2, 0.25) is 5.28 Å². The van der Waals surface area contributed by atoms with Gasteiger partial charge in [0.1, 0.15) is 22.1 Å². The monoisotopic (exact) mass is 343 g/mol. The molecule has 0 aliphatic carbocycles. The van der Waals surface area contributed by atoms with Gasteiger partial charge >= 0.3 is 11.9 Å². The summed E-state index contributed by atoms with van der Waals surface area (Å²) in [6.07, 6.45) is 0.729. The van der Waals surface area contributed by atoms with Crippen LogP contribution in [-0.2, 0) is 9.53 Å². The summed E-state index contributed by atoms with van der Waals surface area (Å²) in [4.78, 5) is 31.8. The molecule has 9 heteroatoms. The van der Waals surface area contributed by atoms with Crippen molar-refractivity contribution in [3.05, 3.63) is 15.7 Å². The standard InChI is InChI=1S/C13H14ClN3O4S/c1-3-4-21-12(20)9-6(2)8-10(15-5-7(18)19)16-13(14)17-11(8)22-9/h3-5H2,1-2H3,(H,18,19)(H,15,16,17). The number of carbonyl (C=O) groups excluding carboxylic acids is 1. The number of nitrogens with zero attached hydrogens (tertiary/aromatic N) is 2. The normalized spacial score (nSPS) is 10.7. The molecule has 0 amide bonds. The topological polar surface area (TPSA) is 101 Å². The zero-order chi connectivity index (χ0) is 16.3. The molecule has 0 aliphatic heterocycles. The third-order valence-corrected chi connectivity index (χ3v) is 4.13. The van der Waals surface area contributed by atoms with E-state index in [0.29, 0.717) is 33.1 Å². The summed E-state index contributed by atoms with van der Waals surface area (Å²) in [5.41, 5.74) is 0.644. The lowest BCUT2D eigenvalue weighted by Crippen LogP contribution is -2.13. The van der Waals surface area contributed by atoms with Crippen molar-refractivity contribution in [1.82, 2.24) is 9.97 Å². The fraction of sp³-hybridized carbons (Fsp3) is 0.385. The molecule has 2 heterocycles. The maximum atomic E-state index is 12.0. The number of ether oxygens (including phenoxy) is 1. The number of fused-ring (bicyclic) bond motifs is 1. The molecule has 0 aromatic carbocycles. The predicted octanol–water partition coefficient (Wildman–Crippen LogP) is 2.72. The largest absolute Gasteiger partial charge is 0.480 e. The molecule has 2 aromatic heterocycles. The SMILES string of the molecule is CCCOC(=O)c1sc2nc(Cl)nc(NCC(=O)O)c2c1C. The molecule has 0 aliphatic rings. The first kappa shape index (κ1) is 16.4. The molecule has 0 unspecified atom stereocenters. The average molecular weight is 344 g/mol. The second-order valence-electron chi connectivity index (χ2n) is 4.46. The van der Waals surface area contributed by atoms with E-state index >= 15 is 0 Å². The summed E-state index contributed by atoms with van der Waals surface area (Å²) >= 11 is 6.99. The Balaban J connectivity index is 2.46. The van der Waals surface area contributed by atoms with Gasteiger partial charge < -0.3 is 15.2 Å². The van der Waals surface area contributed by atoms with Gasteiger partial charge in [0.15, 0.2) is 0 Å². The summed E-state index contributed by atoms with van der Waals surface area (Å²) in [6.45, 7) is 3.67. The molecule has 22 heavy (non-hydrogen) atoms. The quantitative estimate of drug-likeness (QED) is 0.614. The van der Waals surface area contributed by atoms with Crippen molar-refractivity contribution in [3.8, 4) is 0 Å². The van der Waals surface area contributed by atoms with Crippen molar-refractivity contribution in [1.29, 1.82) is 0 Å². The van der Waals surface area contributed by atoms with Gasteiger partial charge in [-0.3, -0.25) is 4.79 Å². The Morgan fingerprint density at radius 1 is 1.41 bits per heavy atom. The van der Waals surface area contributed by atoms with Crippen LogP contribution in [0.3, 0.4) is 0 Å². The van der Waals surface area contributed by atoms with Gasteiger partial charge in [0.25, 0.3) is 0 Å². The van der Waals surface area contributed by atoms with E-state index < -0.39 is 11.9 Å². The second-order valence-corrected chi connectivity index (χ2v) is 5.80. The van der Waals surface area contributed by atoms with Crippen LogP contribution in [0.4, 0.5) is 5.82 Å². The van der Waals surface area contributed by atoms with Crippen LogP contribution in [0.2, 0.25) is 5.28 Å². The number of carboxylic acids is 1. The van der Waals surface area contributed by atoms with E-state index in [0.717, 1.165) is 17.8 Å². The smallest absolute Gasteiger partial charge is 0.348 e. The number of rotatable bonds is 6. The minimum atomic E-state index is -1.03. The number of carboxylic acid groups (broad SMARTS) is 1. The van der Waals surface area contributed by atoms with Crippen LogP contribution >= 0.6 is 22.9 Å². The van der Waals surface area contributed by atoms with Gasteiger partial charge in [-0.25, -0.2) is 14.8 Å². The molecular formula is C13H14ClN3O4S. The first-order valence-corrected chi connectivity index (χ1v) is 7.72. The molecule has 0 bridgehead atoms. The number of nitrogens with one attached hydrogen (secondary N) is 1. The van der Waals surface area contributed by atoms with Crippen LogP contribution in [0, 0.1) is 6.92 Å². The number of aromatic nitrogens is 2. The zero-order valence-electron chi connectivity index (χ0n) is 12.0. The number of thiophene rings is 1. The Hall–Kier alpha value is -1.93. The highest BCUT2D eigenvalue weighted by molar-refractivity contribution is 7.20. The predicted molar refractivity (Wildman–Crippen MR) is 83.9 cm³/mol. The molecule has 0 saturated carbocycles. The Morgan fingerprint density at radius 3 is 2.77 bits per heavy atom. The number of carbonyl (C=O) groups is 2. The second kappa shape index (κ2) is 6.89. The van der Waals surface area contributed by atoms with Crippen LogP contribution in [-0.4, -0.2) is 40.2 Å². The van der Waals surface area contributed by atoms with E-state index in [1.54, 1.807) is 6.92 Å². The van der Waals surface area contributed by atoms with E-state index in [1.165, 1.54) is 0 Å². The molecular weight excluding hydrogens is 330 g/mol. The van der Waals surface area contributed by atoms with Crippen LogP contribution in [0.5, 0.6) is 0 Å². The number of esters is 1. The Morgan fingerprint density at radius 2 is 2.14 bits per heavy atom. The van der Waals surface area contributed by atoms with E-state index in [4.69, 9.17) is 21.4 Å². The van der Waals surface area contributed by atoms with Gasteiger partial charge in [0.05, 0.1) is 12.0 Å². The van der Waals surface area contributed by atoms with Gasteiger partial charge in [-0.2, -0.15) is 0 Å². The number of hydrogen-bond acceptors (Lipinski definition) is 7. The lowest BCUT2D eigenvalue weighted by molar-refractivity contribution is -0.134. The van der Waals surface area contributed by atoms with Crippen molar-refractivity contribution < 1.29 is 19.4 Å². The molecule has 2 aromatic rings. The number of hydrogen-bond donors (Lipinski definition) is 2. The first-order valence-electron chi connectivity index (χ1n) is 6.53. The summed E-state index contributed by atoms with van der Waals surface area (Å²) in [5, 5.41) is 12.0. The average Bonchev–Trinajstić information content (AvgIpc) is 2.79. The molecule has 2 N–H and O–H groups in total. The molecule has 0 saturated heterocycles. The van der Waals surface area contributed by atoms with Crippen LogP contribution in [0.15, 0.2) is 0 Å². The van der Waals surface area contributed by atoms with Gasteiger partial charge in [-0.1, -0.05) is 6.92 Å². The van der Waals surface area contributed by atoms with Gasteiger partial charge in [-0.15, -0.1) is 11.3 Å². The van der Waals surface area contributed by atoms with Crippen molar-refractivity contribution in [2.75, 3.05) is 18.5 Å². The summed E-state index contributed by atoms with van der Waals surface area (Å²) < 4.78 is 5.13. The van der Waals surface area contributed by atoms with Gasteiger partial charge in [0, 0.05) is 0 Å². The molecule has 0 fully saturated rings. The Kier molecular flexibility index (Phi) is 5.15. The number of halogens is 1. The number of anilines is 1. The van der Waals surface area contributed by atoms with Crippen molar-refractivity contribution in [2.24, 2.45) is 0 Å². The summed E-state index contributed by atoms with van der Waals surface area (Å²) in [6, 6.07) is 0. The van der Waals surface area contributed by atoms with E-state index in [9.17, 15) is 9.59 Å². The van der Waals surface area contributed by atoms with Crippen molar-refractivity contribution in [2.45, 2.75) is 20.3 Å². The zero-order valence-corrected chi connectivity index (χ0v) is 13.5. The lowest BCUT2D eigenvalue weighted by Gasteiger charge is -2.05. The molecule has 2 rings (SSSR count). The summed E-state index contributed by atoms with van der Waals surface area (Å²) in [5.74, 6) is -1.17. The van der Waals surface area contributed by atoms with E-state index in [1.807, 2.05) is 6.92 Å². The maximum Gasteiger partial charge on any atom is 0.348 e. The first-order chi connectivity index (χ1) is 10.4. The van der Waals surface area contributed by atoms with Crippen LogP contribution in [0.25, 0.3) is 10.2 Å². The molecule has 0 atom stereocenters. The fourth-order valence-corrected chi connectivity index (χ4v) is 3.15. The highest BCUT2D eigenvalue weighted by atomic mass is 35.5. The van der Waals surface area contributed by atoms with Crippen molar-refractivity contribution in [3.63, 3.8) is 0 Å². The summed E-state index contributed by atoms with van der Waals surface area (Å²) in [7, 11) is 0. The number of aliphatic carboxylic acids is 1. The van der Waals surface area contributed by atoms with Crippen LogP contribution < -0.4 is 5.32 Å². The highest BCUT2D eigenvalue weighted by Gasteiger charge is 2.21. The van der Waals surface area contributed by atoms with Gasteiger partial charge in [-0.05, 0) is 30.5 Å². The minimum absolute atomic E-state index is 0.0184. The molecule has 0 spiro atoms. The molecule has 0 radical (unpaired) electrons. The van der Waals surface area contributed by atoms with E-state index in [2.05, 4.69) is 15.3 Å². The van der Waals surface area contributed by atoms with E-state index in [-0.39, 0.29) is 11.8 Å². The third-order valence-electron chi connectivity index (χ3n) is 2.79. The minimum Gasteiger partial charge on any atom is -0.480 e. The Bertz CT molecular complexity index is 732.